The maximum atomic E-state index is 13.2. The zero-order chi connectivity index (χ0) is 13.8. The van der Waals surface area contributed by atoms with E-state index < -0.39 is 6.10 Å². The van der Waals surface area contributed by atoms with E-state index in [9.17, 15) is 9.50 Å². The van der Waals surface area contributed by atoms with Crippen LogP contribution in [0.3, 0.4) is 0 Å². The second-order valence-corrected chi connectivity index (χ2v) is 5.22. The molecule has 100 valence electrons. The number of rotatable bonds is 4. The molecule has 1 heterocycles. The predicted molar refractivity (Wildman–Crippen MR) is 76.4 cm³/mol. The van der Waals surface area contributed by atoms with Crippen LogP contribution in [-0.4, -0.2) is 10.1 Å². The fourth-order valence-electron chi connectivity index (χ4n) is 2.04. The minimum atomic E-state index is -0.673. The number of aryl methyl sites for hydroxylation is 1. The largest absolute Gasteiger partial charge is 0.386 e. The van der Waals surface area contributed by atoms with Gasteiger partial charge in [0.1, 0.15) is 11.9 Å². The Bertz CT molecular complexity index is 574. The van der Waals surface area contributed by atoms with Gasteiger partial charge in [-0.05, 0) is 51.7 Å². The fourth-order valence-corrected chi connectivity index (χ4v) is 2.46. The van der Waals surface area contributed by atoms with Crippen molar-refractivity contribution in [2.24, 2.45) is 0 Å². The molecule has 0 aliphatic rings. The van der Waals surface area contributed by atoms with E-state index in [0.29, 0.717) is 16.6 Å². The van der Waals surface area contributed by atoms with Crippen LogP contribution in [0.15, 0.2) is 41.0 Å². The van der Waals surface area contributed by atoms with Gasteiger partial charge in [0.2, 0.25) is 0 Å². The van der Waals surface area contributed by atoms with Crippen molar-refractivity contribution in [2.45, 2.75) is 25.9 Å². The van der Waals surface area contributed by atoms with Crippen LogP contribution < -0.4 is 0 Å². The second-order valence-electron chi connectivity index (χ2n) is 4.37. The summed E-state index contributed by atoms with van der Waals surface area (Å²) >= 11 is 3.15. The van der Waals surface area contributed by atoms with Gasteiger partial charge in [-0.2, -0.15) is 0 Å². The summed E-state index contributed by atoms with van der Waals surface area (Å²) in [5, 5.41) is 10.3. The Hall–Kier alpha value is -1.26. The molecule has 0 radical (unpaired) electrons. The third kappa shape index (κ3) is 3.39. The Morgan fingerprint density at radius 2 is 2.16 bits per heavy atom. The molecule has 0 saturated carbocycles. The van der Waals surface area contributed by atoms with Gasteiger partial charge in [0.05, 0.1) is 10.2 Å². The summed E-state index contributed by atoms with van der Waals surface area (Å²) in [6.07, 6.45) is 2.25. The van der Waals surface area contributed by atoms with Gasteiger partial charge in [-0.25, -0.2) is 4.39 Å². The topological polar surface area (TPSA) is 33.1 Å². The summed E-state index contributed by atoms with van der Waals surface area (Å²) in [5.74, 6) is -0.301. The molecule has 4 heteroatoms. The lowest BCUT2D eigenvalue weighted by atomic mass is 10.0. The van der Waals surface area contributed by atoms with E-state index in [0.717, 1.165) is 17.5 Å². The molecule has 1 atom stereocenters. The predicted octanol–water partition coefficient (Wildman–Crippen LogP) is 3.82. The third-order valence-corrected chi connectivity index (χ3v) is 3.64. The molecule has 0 saturated heterocycles. The fraction of sp³-hybridized carbons (Fsp3) is 0.267. The summed E-state index contributed by atoms with van der Waals surface area (Å²) in [6, 6.07) is 8.59. The van der Waals surface area contributed by atoms with E-state index in [1.54, 1.807) is 18.3 Å². The van der Waals surface area contributed by atoms with Gasteiger partial charge in [-0.3, -0.25) is 4.98 Å². The SMILES string of the molecule is CCc1cccnc1C(O)Cc1ccc(F)c(Br)c1. The summed E-state index contributed by atoms with van der Waals surface area (Å²) in [6.45, 7) is 2.03. The minimum absolute atomic E-state index is 0.301. The van der Waals surface area contributed by atoms with Crippen LogP contribution >= 0.6 is 15.9 Å². The van der Waals surface area contributed by atoms with E-state index in [1.165, 1.54) is 6.07 Å². The lowest BCUT2D eigenvalue weighted by Crippen LogP contribution is -2.07. The highest BCUT2D eigenvalue weighted by Crippen LogP contribution is 2.23. The summed E-state index contributed by atoms with van der Waals surface area (Å²) in [5.41, 5.74) is 2.61. The van der Waals surface area contributed by atoms with E-state index in [4.69, 9.17) is 0 Å². The lowest BCUT2D eigenvalue weighted by Gasteiger charge is -2.14. The van der Waals surface area contributed by atoms with Crippen molar-refractivity contribution in [2.75, 3.05) is 0 Å². The average Bonchev–Trinajstić information content (AvgIpc) is 2.43. The van der Waals surface area contributed by atoms with Gasteiger partial charge < -0.3 is 5.11 Å². The molecule has 0 spiro atoms. The lowest BCUT2D eigenvalue weighted by molar-refractivity contribution is 0.172. The number of nitrogens with zero attached hydrogens (tertiary/aromatic N) is 1. The number of hydrogen-bond donors (Lipinski definition) is 1. The first-order valence-corrected chi connectivity index (χ1v) is 6.97. The third-order valence-electron chi connectivity index (χ3n) is 3.04. The Labute approximate surface area is 120 Å². The number of aliphatic hydroxyl groups excluding tert-OH is 1. The Morgan fingerprint density at radius 3 is 2.84 bits per heavy atom. The molecule has 2 aromatic rings. The zero-order valence-corrected chi connectivity index (χ0v) is 12.2. The van der Waals surface area contributed by atoms with Crippen molar-refractivity contribution in [1.29, 1.82) is 0 Å². The van der Waals surface area contributed by atoms with Gasteiger partial charge >= 0.3 is 0 Å². The molecule has 0 amide bonds. The molecule has 1 aromatic carbocycles. The Kier molecular flexibility index (Phi) is 4.66. The van der Waals surface area contributed by atoms with Gasteiger partial charge in [0.25, 0.3) is 0 Å². The zero-order valence-electron chi connectivity index (χ0n) is 10.6. The maximum absolute atomic E-state index is 13.2. The highest BCUT2D eigenvalue weighted by molar-refractivity contribution is 9.10. The molecular weight excluding hydrogens is 309 g/mol. The van der Waals surface area contributed by atoms with Gasteiger partial charge in [-0.15, -0.1) is 0 Å². The summed E-state index contributed by atoms with van der Waals surface area (Å²) < 4.78 is 13.6. The highest BCUT2D eigenvalue weighted by Gasteiger charge is 2.14. The van der Waals surface area contributed by atoms with E-state index >= 15 is 0 Å². The molecule has 2 rings (SSSR count). The van der Waals surface area contributed by atoms with Crippen molar-refractivity contribution in [3.05, 3.63) is 63.6 Å². The summed E-state index contributed by atoms with van der Waals surface area (Å²) in [7, 11) is 0. The standard InChI is InChI=1S/C15H15BrFNO/c1-2-11-4-3-7-18-15(11)14(19)9-10-5-6-13(17)12(16)8-10/h3-8,14,19H,2,9H2,1H3. The molecule has 0 aliphatic carbocycles. The molecule has 19 heavy (non-hydrogen) atoms. The molecular formula is C15H15BrFNO. The first-order chi connectivity index (χ1) is 9.11. The van der Waals surface area contributed by atoms with Crippen molar-refractivity contribution < 1.29 is 9.50 Å². The number of hydrogen-bond acceptors (Lipinski definition) is 2. The smallest absolute Gasteiger partial charge is 0.137 e. The molecule has 1 unspecified atom stereocenters. The molecule has 2 nitrogen and oxygen atoms in total. The van der Waals surface area contributed by atoms with Crippen LogP contribution in [0, 0.1) is 5.82 Å². The van der Waals surface area contributed by atoms with Gasteiger partial charge in [-0.1, -0.05) is 19.1 Å². The molecule has 0 bridgehead atoms. The Balaban J connectivity index is 2.20. The van der Waals surface area contributed by atoms with Crippen LogP contribution in [0.2, 0.25) is 0 Å². The number of aromatic nitrogens is 1. The van der Waals surface area contributed by atoms with Crippen molar-refractivity contribution in [3.8, 4) is 0 Å². The van der Waals surface area contributed by atoms with Crippen molar-refractivity contribution in [3.63, 3.8) is 0 Å². The quantitative estimate of drug-likeness (QED) is 0.927. The number of benzene rings is 1. The minimum Gasteiger partial charge on any atom is -0.386 e. The first-order valence-electron chi connectivity index (χ1n) is 6.17. The monoisotopic (exact) mass is 323 g/mol. The molecule has 1 aromatic heterocycles. The number of aliphatic hydroxyl groups is 1. The number of halogens is 2. The van der Waals surface area contributed by atoms with E-state index in [1.807, 2.05) is 19.1 Å². The number of pyridine rings is 1. The van der Waals surface area contributed by atoms with Crippen LogP contribution in [0.1, 0.15) is 29.8 Å². The van der Waals surface area contributed by atoms with E-state index in [2.05, 4.69) is 20.9 Å². The average molecular weight is 324 g/mol. The van der Waals surface area contributed by atoms with Crippen LogP contribution in [0.25, 0.3) is 0 Å². The van der Waals surface area contributed by atoms with Crippen LogP contribution in [0.4, 0.5) is 4.39 Å². The van der Waals surface area contributed by atoms with E-state index in [-0.39, 0.29) is 5.82 Å². The molecule has 0 aliphatic heterocycles. The van der Waals surface area contributed by atoms with Crippen molar-refractivity contribution >= 4 is 15.9 Å². The maximum Gasteiger partial charge on any atom is 0.137 e. The Morgan fingerprint density at radius 1 is 1.37 bits per heavy atom. The highest BCUT2D eigenvalue weighted by atomic mass is 79.9. The van der Waals surface area contributed by atoms with Gasteiger partial charge in [0, 0.05) is 12.6 Å². The van der Waals surface area contributed by atoms with Crippen molar-refractivity contribution in [1.82, 2.24) is 4.98 Å². The molecule has 1 N–H and O–H groups in total. The molecule has 0 fully saturated rings. The summed E-state index contributed by atoms with van der Waals surface area (Å²) in [4.78, 5) is 4.25. The second kappa shape index (κ2) is 6.26. The van der Waals surface area contributed by atoms with Crippen LogP contribution in [0.5, 0.6) is 0 Å². The normalized spacial score (nSPS) is 12.4. The van der Waals surface area contributed by atoms with Gasteiger partial charge in [0.15, 0.2) is 0 Å². The first kappa shape index (κ1) is 14.2. The van der Waals surface area contributed by atoms with Crippen LogP contribution in [-0.2, 0) is 12.8 Å².